The van der Waals surface area contributed by atoms with Crippen molar-refractivity contribution in [2.24, 2.45) is 0 Å². The van der Waals surface area contributed by atoms with Gasteiger partial charge in [0.1, 0.15) is 0 Å². The van der Waals surface area contributed by atoms with E-state index in [1.165, 1.54) is 0 Å². The van der Waals surface area contributed by atoms with Gasteiger partial charge in [-0.05, 0) is 6.92 Å². The molecule has 0 aromatic heterocycles. The second kappa shape index (κ2) is 8.09. The molecule has 0 rings (SSSR count). The van der Waals surface area contributed by atoms with Crippen LogP contribution in [0.15, 0.2) is 0 Å². The second-order valence-corrected chi connectivity index (χ2v) is 2.12. The zero-order chi connectivity index (χ0) is 8.08. The average Bonchev–Trinajstić information content (AvgIpc) is 1.19. The van der Waals surface area contributed by atoms with Gasteiger partial charge in [-0.15, -0.1) is 0 Å². The van der Waals surface area contributed by atoms with Gasteiger partial charge >= 0.3 is 80.0 Å². The van der Waals surface area contributed by atoms with Gasteiger partial charge in [0.25, 0.3) is 0 Å². The van der Waals surface area contributed by atoms with Crippen LogP contribution in [0.4, 0.5) is 0 Å². The van der Waals surface area contributed by atoms with Crippen molar-refractivity contribution in [1.82, 2.24) is 0 Å². The number of hydrogen-bond acceptors (Lipinski definition) is 5. The number of carbonyl (C=O) groups excluding carboxylic acids is 1. The molecule has 0 radical (unpaired) electrons. The molecule has 0 amide bonds. The van der Waals surface area contributed by atoms with Crippen molar-refractivity contribution < 1.29 is 89.9 Å². The van der Waals surface area contributed by atoms with E-state index >= 15 is 0 Å². The van der Waals surface area contributed by atoms with Gasteiger partial charge < -0.3 is 9.90 Å². The van der Waals surface area contributed by atoms with Gasteiger partial charge in [-0.25, -0.2) is 0 Å². The summed E-state index contributed by atoms with van der Waals surface area (Å²) in [4.78, 5) is 8.89. The van der Waals surface area contributed by atoms with Gasteiger partial charge in [0.15, 0.2) is 0 Å². The molecule has 0 unspecified atom stereocenters. The Labute approximate surface area is 101 Å². The molecule has 0 aliphatic heterocycles. The summed E-state index contributed by atoms with van der Waals surface area (Å²) in [6, 6.07) is 0. The van der Waals surface area contributed by atoms with Gasteiger partial charge in [0.2, 0.25) is 0 Å². The topological polar surface area (TPSA) is 112 Å². The van der Waals surface area contributed by atoms with Crippen LogP contribution in [-0.2, 0) is 29.3 Å². The maximum absolute atomic E-state index is 8.89. The van der Waals surface area contributed by atoms with Gasteiger partial charge in [0, 0.05) is 5.97 Å². The second-order valence-electron chi connectivity index (χ2n) is 0.888. The van der Waals surface area contributed by atoms with Gasteiger partial charge in [-0.3, -0.25) is 0 Å². The number of aliphatic carboxylic acids is 1. The summed E-state index contributed by atoms with van der Waals surface area (Å²) < 4.78 is 33.1. The Morgan fingerprint density at radius 2 is 1.40 bits per heavy atom. The molecule has 10 heavy (non-hydrogen) atoms. The molecule has 0 saturated carbocycles. The van der Waals surface area contributed by atoms with Crippen molar-refractivity contribution in [3.8, 4) is 0 Å². The number of rotatable bonds is 0. The predicted molar refractivity (Wildman–Crippen MR) is 15.0 cm³/mol. The van der Waals surface area contributed by atoms with E-state index in [9.17, 15) is 0 Å². The third-order valence-electron chi connectivity index (χ3n) is 0. The zero-order valence-electron chi connectivity index (χ0n) is 5.37. The fourth-order valence-electron chi connectivity index (χ4n) is 0. The molecule has 0 bridgehead atoms. The number of hydrogen-bond donors (Lipinski definition) is 1. The molecular weight excluding hydrogens is 214 g/mol. The molecule has 0 aliphatic rings. The predicted octanol–water partition coefficient (Wildman–Crippen LogP) is -5.16. The van der Waals surface area contributed by atoms with Crippen LogP contribution in [0, 0.1) is 0 Å². The molecule has 0 aromatic carbocycles. The summed E-state index contributed by atoms with van der Waals surface area (Å²) in [5.74, 6) is -1.08. The van der Waals surface area contributed by atoms with Crippen molar-refractivity contribution in [1.29, 1.82) is 0 Å². The number of carbonyl (C=O) groups is 1. The average molecular weight is 218 g/mol. The fourth-order valence-corrected chi connectivity index (χ4v) is 0. The van der Waals surface area contributed by atoms with Crippen LogP contribution in [-0.4, -0.2) is 10.2 Å². The van der Waals surface area contributed by atoms with Crippen molar-refractivity contribution in [2.75, 3.05) is 0 Å². The SMILES string of the molecule is CC(=O)[O-].[K+].[O]=[Mn](=[O])(=[O])[OH]. The van der Waals surface area contributed by atoms with E-state index in [1.54, 1.807) is 0 Å². The Balaban J connectivity index is -0.0000000910. The Morgan fingerprint density at radius 3 is 1.40 bits per heavy atom. The molecular formula is C2H4KMnO6. The van der Waals surface area contributed by atoms with Gasteiger partial charge in [0.05, 0.1) is 0 Å². The third kappa shape index (κ3) is 590. The first kappa shape index (κ1) is 17.2. The van der Waals surface area contributed by atoms with Crippen LogP contribution in [0.25, 0.3) is 0 Å². The quantitative estimate of drug-likeness (QED) is 0.407. The zero-order valence-corrected chi connectivity index (χ0v) is 9.67. The van der Waals surface area contributed by atoms with Gasteiger partial charge in [-0.2, -0.15) is 0 Å². The number of carboxylic acids is 1. The molecule has 1 N–H and O–H groups in total. The molecule has 6 nitrogen and oxygen atoms in total. The van der Waals surface area contributed by atoms with E-state index in [2.05, 4.69) is 0 Å². The first-order valence-corrected chi connectivity index (χ1v) is 3.51. The van der Waals surface area contributed by atoms with Crippen LogP contribution in [0.3, 0.4) is 0 Å². The fraction of sp³-hybridized carbons (Fsp3) is 0.500. The summed E-state index contributed by atoms with van der Waals surface area (Å²) in [6.45, 7) is 0.972. The molecule has 0 atom stereocenters. The van der Waals surface area contributed by atoms with E-state index in [0.717, 1.165) is 6.92 Å². The molecule has 0 spiro atoms. The van der Waals surface area contributed by atoms with Crippen LogP contribution < -0.4 is 56.5 Å². The standard InChI is InChI=1S/C2H4O2.K.Mn.H2O.3O/c1-2(3)4;;;;;;/h1H3,(H,3,4);;;1H2;;;/q;2*+1;;;;/p-2. The summed E-state index contributed by atoms with van der Waals surface area (Å²) in [5, 5.41) is 8.89. The van der Waals surface area contributed by atoms with E-state index in [0.29, 0.717) is 0 Å². The molecule has 8 heteroatoms. The first-order valence-electron chi connectivity index (χ1n) is 1.54. The number of carboxylic acid groups (broad SMARTS) is 1. The van der Waals surface area contributed by atoms with Crippen molar-refractivity contribution in [3.05, 3.63) is 0 Å². The summed E-state index contributed by atoms with van der Waals surface area (Å²) in [7, 11) is 0. The van der Waals surface area contributed by atoms with E-state index in [4.69, 9.17) is 25.6 Å². The molecule has 0 aromatic rings. The van der Waals surface area contributed by atoms with E-state index < -0.39 is 18.9 Å². The van der Waals surface area contributed by atoms with Crippen LogP contribution in [0.5, 0.6) is 0 Å². The van der Waals surface area contributed by atoms with Crippen LogP contribution in [0.2, 0.25) is 0 Å². The Bertz CT molecular complexity index is 201. The van der Waals surface area contributed by atoms with E-state index in [1.807, 2.05) is 0 Å². The monoisotopic (exact) mass is 218 g/mol. The summed E-state index contributed by atoms with van der Waals surface area (Å²) in [6.07, 6.45) is 0. The minimum atomic E-state index is -5.38. The van der Waals surface area contributed by atoms with Crippen LogP contribution >= 0.6 is 0 Å². The molecule has 0 fully saturated rings. The van der Waals surface area contributed by atoms with Crippen molar-refractivity contribution >= 4 is 5.97 Å². The normalized spacial score (nSPS) is 8.20. The van der Waals surface area contributed by atoms with Crippen molar-refractivity contribution in [3.63, 3.8) is 0 Å². The first-order chi connectivity index (χ1) is 3.73. The molecule has 0 aliphatic carbocycles. The molecule has 0 heterocycles. The summed E-state index contributed by atoms with van der Waals surface area (Å²) in [5.41, 5.74) is 0. The Morgan fingerprint density at radius 1 is 1.40 bits per heavy atom. The summed E-state index contributed by atoms with van der Waals surface area (Å²) >= 11 is -5.38. The Hall–Kier alpha value is 0.986. The van der Waals surface area contributed by atoms with Crippen LogP contribution in [0.1, 0.15) is 6.92 Å². The molecule has 0 saturated heterocycles. The van der Waals surface area contributed by atoms with Crippen molar-refractivity contribution in [2.45, 2.75) is 6.92 Å². The molecule has 56 valence electrons. The van der Waals surface area contributed by atoms with Gasteiger partial charge in [-0.1, -0.05) is 0 Å². The minimum absolute atomic E-state index is 0. The van der Waals surface area contributed by atoms with E-state index in [-0.39, 0.29) is 51.4 Å². The third-order valence-corrected chi connectivity index (χ3v) is 0. The maximum atomic E-state index is 8.89. The Kier molecular flexibility index (Phi) is 13.9.